The van der Waals surface area contributed by atoms with Gasteiger partial charge in [-0.25, -0.2) is 4.98 Å². The van der Waals surface area contributed by atoms with Crippen LogP contribution in [0.2, 0.25) is 0 Å². The fraction of sp³-hybridized carbons (Fsp3) is 0.412. The Morgan fingerprint density at radius 3 is 2.33 bits per heavy atom. The molecule has 3 nitrogen and oxygen atoms in total. The fourth-order valence-corrected chi connectivity index (χ4v) is 2.84. The maximum Gasteiger partial charge on any atom is 0.263 e. The van der Waals surface area contributed by atoms with Crippen molar-refractivity contribution in [2.75, 3.05) is 0 Å². The standard InChI is InChI=1S/C17H22N2OS/c1-11(19-16(20)15-12(2)18-10-21-15)13-6-8-14(9-7-13)17(3,4)5/h6-11H,1-5H3,(H,19,20). The highest BCUT2D eigenvalue weighted by atomic mass is 32.1. The summed E-state index contributed by atoms with van der Waals surface area (Å²) in [5.41, 5.74) is 5.03. The van der Waals surface area contributed by atoms with Crippen molar-refractivity contribution >= 4 is 17.2 Å². The lowest BCUT2D eigenvalue weighted by Gasteiger charge is -2.20. The summed E-state index contributed by atoms with van der Waals surface area (Å²) in [6, 6.07) is 8.43. The number of benzene rings is 1. The molecule has 1 heterocycles. The van der Waals surface area contributed by atoms with Crippen LogP contribution in [-0.2, 0) is 5.41 Å². The van der Waals surface area contributed by atoms with Crippen LogP contribution in [0.15, 0.2) is 29.8 Å². The molecular formula is C17H22N2OS. The predicted octanol–water partition coefficient (Wildman–Crippen LogP) is 4.24. The molecule has 4 heteroatoms. The second-order valence-electron chi connectivity index (χ2n) is 6.33. The van der Waals surface area contributed by atoms with Crippen LogP contribution in [0.1, 0.15) is 60.2 Å². The molecule has 0 saturated heterocycles. The minimum Gasteiger partial charge on any atom is -0.345 e. The van der Waals surface area contributed by atoms with Crippen molar-refractivity contribution in [3.05, 3.63) is 51.5 Å². The Hall–Kier alpha value is -1.68. The maximum absolute atomic E-state index is 12.2. The first-order valence-corrected chi connectivity index (χ1v) is 7.98. The minimum atomic E-state index is -0.0533. The van der Waals surface area contributed by atoms with Crippen LogP contribution in [0.25, 0.3) is 0 Å². The maximum atomic E-state index is 12.2. The average molecular weight is 302 g/mol. The monoisotopic (exact) mass is 302 g/mol. The third-order valence-corrected chi connectivity index (χ3v) is 4.50. The van der Waals surface area contributed by atoms with Crippen LogP contribution < -0.4 is 5.32 Å². The summed E-state index contributed by atoms with van der Waals surface area (Å²) < 4.78 is 0. The molecular weight excluding hydrogens is 280 g/mol. The highest BCUT2D eigenvalue weighted by Crippen LogP contribution is 2.24. The van der Waals surface area contributed by atoms with Crippen LogP contribution in [0.3, 0.4) is 0 Å². The molecule has 1 aromatic carbocycles. The second kappa shape index (κ2) is 5.98. The highest BCUT2D eigenvalue weighted by molar-refractivity contribution is 7.11. The number of thiazole rings is 1. The van der Waals surface area contributed by atoms with Crippen molar-refractivity contribution in [1.29, 1.82) is 0 Å². The van der Waals surface area contributed by atoms with E-state index >= 15 is 0 Å². The number of carbonyl (C=O) groups is 1. The number of aryl methyl sites for hydroxylation is 1. The third-order valence-electron chi connectivity index (χ3n) is 3.58. The summed E-state index contributed by atoms with van der Waals surface area (Å²) in [5, 5.41) is 3.03. The molecule has 0 bridgehead atoms. The lowest BCUT2D eigenvalue weighted by atomic mass is 9.86. The summed E-state index contributed by atoms with van der Waals surface area (Å²) in [5.74, 6) is -0.0533. The molecule has 0 aliphatic rings. The quantitative estimate of drug-likeness (QED) is 0.921. The van der Waals surface area contributed by atoms with Gasteiger partial charge in [0.15, 0.2) is 0 Å². The van der Waals surface area contributed by atoms with E-state index in [9.17, 15) is 4.79 Å². The molecule has 21 heavy (non-hydrogen) atoms. The second-order valence-corrected chi connectivity index (χ2v) is 7.19. The summed E-state index contributed by atoms with van der Waals surface area (Å²) in [4.78, 5) is 17.0. The molecule has 1 N–H and O–H groups in total. The van der Waals surface area contributed by atoms with Crippen LogP contribution in [-0.4, -0.2) is 10.9 Å². The van der Waals surface area contributed by atoms with E-state index in [1.54, 1.807) is 5.51 Å². The van der Waals surface area contributed by atoms with E-state index in [2.05, 4.69) is 55.3 Å². The Morgan fingerprint density at radius 1 is 1.24 bits per heavy atom. The molecule has 0 radical (unpaired) electrons. The Bertz CT molecular complexity index is 623. The smallest absolute Gasteiger partial charge is 0.263 e. The topological polar surface area (TPSA) is 42.0 Å². The van der Waals surface area contributed by atoms with Crippen molar-refractivity contribution in [3.8, 4) is 0 Å². The van der Waals surface area contributed by atoms with Gasteiger partial charge in [-0.2, -0.15) is 0 Å². The van der Waals surface area contributed by atoms with E-state index in [0.29, 0.717) is 4.88 Å². The lowest BCUT2D eigenvalue weighted by Crippen LogP contribution is -2.26. The molecule has 0 spiro atoms. The van der Waals surface area contributed by atoms with Crippen LogP contribution in [0.4, 0.5) is 0 Å². The summed E-state index contributed by atoms with van der Waals surface area (Å²) in [7, 11) is 0. The van der Waals surface area contributed by atoms with E-state index in [1.807, 2.05) is 13.8 Å². The fourth-order valence-electron chi connectivity index (χ4n) is 2.14. The van der Waals surface area contributed by atoms with E-state index in [-0.39, 0.29) is 17.4 Å². The number of hydrogen-bond acceptors (Lipinski definition) is 3. The van der Waals surface area contributed by atoms with Crippen LogP contribution in [0, 0.1) is 6.92 Å². The Balaban J connectivity index is 2.09. The van der Waals surface area contributed by atoms with Crippen molar-refractivity contribution in [1.82, 2.24) is 10.3 Å². The molecule has 1 atom stereocenters. The van der Waals surface area contributed by atoms with Gasteiger partial charge in [0, 0.05) is 0 Å². The zero-order valence-electron chi connectivity index (χ0n) is 13.2. The Kier molecular flexibility index (Phi) is 4.47. The summed E-state index contributed by atoms with van der Waals surface area (Å²) >= 11 is 1.38. The molecule has 1 aromatic heterocycles. The van der Waals surface area contributed by atoms with Crippen molar-refractivity contribution in [2.24, 2.45) is 0 Å². The van der Waals surface area contributed by atoms with E-state index in [4.69, 9.17) is 0 Å². The predicted molar refractivity (Wildman–Crippen MR) is 87.9 cm³/mol. The number of rotatable bonds is 3. The van der Waals surface area contributed by atoms with Gasteiger partial charge in [0.2, 0.25) is 0 Å². The highest BCUT2D eigenvalue weighted by Gasteiger charge is 2.17. The van der Waals surface area contributed by atoms with Crippen LogP contribution in [0.5, 0.6) is 0 Å². The van der Waals surface area contributed by atoms with Crippen molar-refractivity contribution in [2.45, 2.75) is 46.1 Å². The van der Waals surface area contributed by atoms with Crippen molar-refractivity contribution in [3.63, 3.8) is 0 Å². The summed E-state index contributed by atoms with van der Waals surface area (Å²) in [6.45, 7) is 10.4. The van der Waals surface area contributed by atoms with Gasteiger partial charge in [0.25, 0.3) is 5.91 Å². The first-order valence-electron chi connectivity index (χ1n) is 7.10. The van der Waals surface area contributed by atoms with Gasteiger partial charge in [-0.05, 0) is 30.4 Å². The largest absolute Gasteiger partial charge is 0.345 e. The number of carbonyl (C=O) groups excluding carboxylic acids is 1. The van der Waals surface area contributed by atoms with Gasteiger partial charge in [0.05, 0.1) is 17.2 Å². The van der Waals surface area contributed by atoms with Crippen molar-refractivity contribution < 1.29 is 4.79 Å². The zero-order chi connectivity index (χ0) is 15.6. The number of nitrogens with zero attached hydrogens (tertiary/aromatic N) is 1. The molecule has 0 saturated carbocycles. The Labute approximate surface area is 130 Å². The molecule has 0 aliphatic heterocycles. The Morgan fingerprint density at radius 2 is 1.86 bits per heavy atom. The van der Waals surface area contributed by atoms with Gasteiger partial charge >= 0.3 is 0 Å². The van der Waals surface area contributed by atoms with Gasteiger partial charge < -0.3 is 5.32 Å². The van der Waals surface area contributed by atoms with Gasteiger partial charge in [-0.3, -0.25) is 4.79 Å². The SMILES string of the molecule is Cc1ncsc1C(=O)NC(C)c1ccc(C(C)(C)C)cc1. The molecule has 1 amide bonds. The van der Waals surface area contributed by atoms with Gasteiger partial charge in [-0.1, -0.05) is 45.0 Å². The van der Waals surface area contributed by atoms with E-state index < -0.39 is 0 Å². The number of amides is 1. The lowest BCUT2D eigenvalue weighted by molar-refractivity contribution is 0.0943. The number of aromatic nitrogens is 1. The molecule has 2 aromatic rings. The average Bonchev–Trinajstić information content (AvgIpc) is 2.84. The first kappa shape index (κ1) is 15.7. The number of hydrogen-bond donors (Lipinski definition) is 1. The van der Waals surface area contributed by atoms with Gasteiger partial charge in [-0.15, -0.1) is 11.3 Å². The molecule has 0 aliphatic carbocycles. The summed E-state index contributed by atoms with van der Waals surface area (Å²) in [6.07, 6.45) is 0. The molecule has 1 unspecified atom stereocenters. The number of nitrogens with one attached hydrogen (secondary N) is 1. The van der Waals surface area contributed by atoms with E-state index in [1.165, 1.54) is 16.9 Å². The minimum absolute atomic E-state index is 0.0204. The normalized spacial score (nSPS) is 13.0. The third kappa shape index (κ3) is 3.70. The molecule has 2 rings (SSSR count). The molecule has 112 valence electrons. The van der Waals surface area contributed by atoms with Gasteiger partial charge in [0.1, 0.15) is 4.88 Å². The molecule has 0 fully saturated rings. The van der Waals surface area contributed by atoms with Crippen LogP contribution >= 0.6 is 11.3 Å². The zero-order valence-corrected chi connectivity index (χ0v) is 14.0. The first-order chi connectivity index (χ1) is 9.79. The van der Waals surface area contributed by atoms with E-state index in [0.717, 1.165) is 11.3 Å².